The van der Waals surface area contributed by atoms with E-state index >= 15 is 0 Å². The summed E-state index contributed by atoms with van der Waals surface area (Å²) in [5.41, 5.74) is 1.20. The summed E-state index contributed by atoms with van der Waals surface area (Å²) in [5.74, 6) is 0.705. The molecule has 1 aromatic carbocycles. The smallest absolute Gasteiger partial charge is 0.265 e. The maximum absolute atomic E-state index is 13.1. The molecule has 0 spiro atoms. The number of benzene rings is 1. The number of carbonyl (C=O) groups is 1. The fourth-order valence-corrected chi connectivity index (χ4v) is 7.66. The molecule has 0 atom stereocenters. The normalized spacial score (nSPS) is 17.1. The summed E-state index contributed by atoms with van der Waals surface area (Å²) in [7, 11) is 0. The summed E-state index contributed by atoms with van der Waals surface area (Å²) in [6.45, 7) is 3.31. The Hall–Kier alpha value is -2.26. The maximum atomic E-state index is 13.1. The number of fused-ring (bicyclic) bond motifs is 4. The van der Waals surface area contributed by atoms with E-state index in [0.717, 1.165) is 52.7 Å². The molecule has 1 saturated heterocycles. The largest absolute Gasteiger partial charge is 0.335 e. The van der Waals surface area contributed by atoms with Gasteiger partial charge in [-0.15, -0.1) is 22.7 Å². The highest BCUT2D eigenvalue weighted by Gasteiger charge is 2.27. The van der Waals surface area contributed by atoms with Crippen molar-refractivity contribution >= 4 is 60.5 Å². The number of aryl methyl sites for hydroxylation is 2. The molecule has 6 nitrogen and oxygen atoms in total. The quantitative estimate of drug-likeness (QED) is 0.445. The lowest BCUT2D eigenvalue weighted by molar-refractivity contribution is 0.0630. The lowest BCUT2D eigenvalue weighted by atomic mass is 9.97. The van der Waals surface area contributed by atoms with Crippen LogP contribution in [0, 0.1) is 0 Å². The first kappa shape index (κ1) is 21.3. The summed E-state index contributed by atoms with van der Waals surface area (Å²) in [4.78, 5) is 40.7. The van der Waals surface area contributed by atoms with Crippen LogP contribution in [0.3, 0.4) is 0 Å². The van der Waals surface area contributed by atoms with Crippen molar-refractivity contribution in [2.75, 3.05) is 26.2 Å². The van der Waals surface area contributed by atoms with Crippen LogP contribution in [0.5, 0.6) is 0 Å². The molecular formula is C24H23ClN4O2S2. The van der Waals surface area contributed by atoms with Crippen LogP contribution in [0.4, 0.5) is 0 Å². The van der Waals surface area contributed by atoms with Gasteiger partial charge in [-0.1, -0.05) is 29.8 Å². The molecule has 3 aromatic heterocycles. The molecule has 4 heterocycles. The summed E-state index contributed by atoms with van der Waals surface area (Å²) in [6.07, 6.45) is 4.39. The van der Waals surface area contributed by atoms with Crippen molar-refractivity contribution in [2.45, 2.75) is 32.2 Å². The molecule has 1 fully saturated rings. The third-order valence-corrected chi connectivity index (χ3v) is 9.49. The van der Waals surface area contributed by atoms with E-state index in [0.29, 0.717) is 35.4 Å². The summed E-state index contributed by atoms with van der Waals surface area (Å²) in [6, 6.07) is 7.85. The standard InChI is InChI=1S/C24H23ClN4O2S2/c25-20-15-6-2-4-8-17(15)32-21(20)24(31)29-11-9-28(10-12-29)13-18-26-22(30)19-14-5-1-3-7-16(14)33-23(19)27-18/h2,4,6,8H,1,3,5,7,9-13H2,(H,26,27,30). The van der Waals surface area contributed by atoms with Crippen LogP contribution >= 0.6 is 34.3 Å². The van der Waals surface area contributed by atoms with Gasteiger partial charge in [0.15, 0.2) is 0 Å². The van der Waals surface area contributed by atoms with Crippen molar-refractivity contribution in [3.05, 3.63) is 60.8 Å². The molecule has 170 valence electrons. The number of aromatic nitrogens is 2. The zero-order chi connectivity index (χ0) is 22.5. The fraction of sp³-hybridized carbons (Fsp3) is 0.375. The number of H-pyrrole nitrogens is 1. The van der Waals surface area contributed by atoms with Crippen molar-refractivity contribution in [1.82, 2.24) is 19.8 Å². The van der Waals surface area contributed by atoms with Gasteiger partial charge < -0.3 is 9.88 Å². The zero-order valence-corrected chi connectivity index (χ0v) is 20.4. The molecule has 0 radical (unpaired) electrons. The third-order valence-electron chi connectivity index (χ3n) is 6.64. The Labute approximate surface area is 203 Å². The van der Waals surface area contributed by atoms with Gasteiger partial charge in [0.1, 0.15) is 15.5 Å². The van der Waals surface area contributed by atoms with Gasteiger partial charge in [0, 0.05) is 41.1 Å². The molecule has 4 aromatic rings. The van der Waals surface area contributed by atoms with Crippen molar-refractivity contribution in [2.24, 2.45) is 0 Å². The van der Waals surface area contributed by atoms with E-state index in [2.05, 4.69) is 9.88 Å². The predicted octanol–water partition coefficient (Wildman–Crippen LogP) is 4.69. The van der Waals surface area contributed by atoms with Crippen LogP contribution in [0.15, 0.2) is 29.1 Å². The van der Waals surface area contributed by atoms with E-state index in [9.17, 15) is 9.59 Å². The Balaban J connectivity index is 1.15. The Morgan fingerprint density at radius 2 is 1.88 bits per heavy atom. The Morgan fingerprint density at radius 1 is 1.09 bits per heavy atom. The van der Waals surface area contributed by atoms with Gasteiger partial charge in [0.2, 0.25) is 0 Å². The highest BCUT2D eigenvalue weighted by Crippen LogP contribution is 2.36. The van der Waals surface area contributed by atoms with Gasteiger partial charge in [-0.3, -0.25) is 14.5 Å². The molecule has 0 bridgehead atoms. The van der Waals surface area contributed by atoms with Crippen molar-refractivity contribution in [3.63, 3.8) is 0 Å². The van der Waals surface area contributed by atoms with Gasteiger partial charge in [-0.05, 0) is 37.3 Å². The highest BCUT2D eigenvalue weighted by atomic mass is 35.5. The van der Waals surface area contributed by atoms with Crippen LogP contribution in [-0.2, 0) is 19.4 Å². The summed E-state index contributed by atoms with van der Waals surface area (Å²) in [5, 5.41) is 2.29. The van der Waals surface area contributed by atoms with Crippen LogP contribution < -0.4 is 5.56 Å². The van der Waals surface area contributed by atoms with Gasteiger partial charge in [-0.25, -0.2) is 4.98 Å². The van der Waals surface area contributed by atoms with E-state index in [1.807, 2.05) is 29.2 Å². The number of piperazine rings is 1. The van der Waals surface area contributed by atoms with Crippen molar-refractivity contribution < 1.29 is 4.79 Å². The van der Waals surface area contributed by atoms with Crippen LogP contribution in [0.2, 0.25) is 5.02 Å². The van der Waals surface area contributed by atoms with Gasteiger partial charge in [0.25, 0.3) is 11.5 Å². The predicted molar refractivity (Wildman–Crippen MR) is 135 cm³/mol. The lowest BCUT2D eigenvalue weighted by Crippen LogP contribution is -2.48. The summed E-state index contributed by atoms with van der Waals surface area (Å²) >= 11 is 9.66. The van der Waals surface area contributed by atoms with E-state index in [1.165, 1.54) is 28.2 Å². The average Bonchev–Trinajstić information content (AvgIpc) is 3.37. The minimum absolute atomic E-state index is 0.00188. The first-order valence-electron chi connectivity index (χ1n) is 11.3. The van der Waals surface area contributed by atoms with E-state index < -0.39 is 0 Å². The second-order valence-corrected chi connectivity index (χ2v) is 11.2. The molecule has 0 saturated carbocycles. The minimum atomic E-state index is -0.0115. The molecular weight excluding hydrogens is 476 g/mol. The molecule has 6 rings (SSSR count). The number of thiophene rings is 2. The maximum Gasteiger partial charge on any atom is 0.265 e. The average molecular weight is 499 g/mol. The highest BCUT2D eigenvalue weighted by molar-refractivity contribution is 7.21. The SMILES string of the molecule is O=C(c1sc2ccccc2c1Cl)N1CCN(Cc2nc3sc4c(c3c(=O)[nH]2)CCCC4)CC1. The Morgan fingerprint density at radius 3 is 2.70 bits per heavy atom. The molecule has 1 amide bonds. The van der Waals surface area contributed by atoms with Crippen LogP contribution in [-0.4, -0.2) is 51.9 Å². The Kier molecular flexibility index (Phi) is 5.49. The minimum Gasteiger partial charge on any atom is -0.335 e. The second kappa shape index (κ2) is 8.51. The van der Waals surface area contributed by atoms with E-state index in [4.69, 9.17) is 16.6 Å². The first-order valence-corrected chi connectivity index (χ1v) is 13.3. The number of hydrogen-bond donors (Lipinski definition) is 1. The molecule has 1 aliphatic heterocycles. The molecule has 33 heavy (non-hydrogen) atoms. The number of amides is 1. The molecule has 1 N–H and O–H groups in total. The number of nitrogens with one attached hydrogen (secondary N) is 1. The number of carbonyl (C=O) groups excluding carboxylic acids is 1. The summed E-state index contributed by atoms with van der Waals surface area (Å²) < 4.78 is 1.03. The van der Waals surface area contributed by atoms with Gasteiger partial charge in [-0.2, -0.15) is 0 Å². The molecule has 2 aliphatic rings. The number of rotatable bonds is 3. The number of halogens is 1. The number of aromatic amines is 1. The van der Waals surface area contributed by atoms with Crippen LogP contribution in [0.25, 0.3) is 20.3 Å². The lowest BCUT2D eigenvalue weighted by Gasteiger charge is -2.34. The number of nitrogens with zero attached hydrogens (tertiary/aromatic N) is 3. The second-order valence-electron chi connectivity index (χ2n) is 8.71. The van der Waals surface area contributed by atoms with Crippen molar-refractivity contribution in [3.8, 4) is 0 Å². The molecule has 9 heteroatoms. The monoisotopic (exact) mass is 498 g/mol. The Bertz CT molecular complexity index is 1430. The molecule has 0 unspecified atom stereocenters. The molecule has 1 aliphatic carbocycles. The fourth-order valence-electron chi connectivity index (χ4n) is 4.90. The first-order chi connectivity index (χ1) is 16.1. The topological polar surface area (TPSA) is 69.3 Å². The van der Waals surface area contributed by atoms with E-state index in [1.54, 1.807) is 11.3 Å². The van der Waals surface area contributed by atoms with Gasteiger partial charge >= 0.3 is 0 Å². The third kappa shape index (κ3) is 3.79. The van der Waals surface area contributed by atoms with E-state index in [-0.39, 0.29) is 11.5 Å². The van der Waals surface area contributed by atoms with Crippen molar-refractivity contribution in [1.29, 1.82) is 0 Å². The van der Waals surface area contributed by atoms with Crippen LogP contribution in [0.1, 0.15) is 38.8 Å². The van der Waals surface area contributed by atoms with Gasteiger partial charge in [0.05, 0.1) is 17.0 Å². The number of hydrogen-bond acceptors (Lipinski definition) is 6. The zero-order valence-electron chi connectivity index (χ0n) is 18.0.